The van der Waals surface area contributed by atoms with Crippen molar-refractivity contribution in [2.24, 2.45) is 7.05 Å². The van der Waals surface area contributed by atoms with Crippen molar-refractivity contribution >= 4 is 22.6 Å². The summed E-state index contributed by atoms with van der Waals surface area (Å²) in [7, 11) is 1.93. The van der Waals surface area contributed by atoms with E-state index in [1.165, 1.54) is 0 Å². The predicted octanol–water partition coefficient (Wildman–Crippen LogP) is 1.79. The zero-order chi connectivity index (χ0) is 10.1. The molecule has 0 aliphatic carbocycles. The van der Waals surface area contributed by atoms with Gasteiger partial charge in [0.1, 0.15) is 11.4 Å². The topological polar surface area (TPSA) is 43.6 Å². The summed E-state index contributed by atoms with van der Waals surface area (Å²) in [5, 5.41) is 4.39. The number of hydrogen-bond acceptors (Lipinski definition) is 3. The Labute approximate surface area is 95.5 Å². The van der Waals surface area contributed by atoms with E-state index in [-0.39, 0.29) is 0 Å². The highest BCUT2D eigenvalue weighted by Gasteiger charge is 2.12. The summed E-state index contributed by atoms with van der Waals surface area (Å²) in [5.74, 6) is 0. The van der Waals surface area contributed by atoms with Crippen LogP contribution in [0, 0.1) is 10.5 Å². The fourth-order valence-electron chi connectivity index (χ4n) is 1.17. The summed E-state index contributed by atoms with van der Waals surface area (Å²) in [5.41, 5.74) is 2.87. The van der Waals surface area contributed by atoms with Crippen LogP contribution < -0.4 is 0 Å². The molecule has 0 fully saturated rings. The van der Waals surface area contributed by atoms with Gasteiger partial charge in [0.25, 0.3) is 0 Å². The Morgan fingerprint density at radius 1 is 1.36 bits per heavy atom. The molecule has 0 radical (unpaired) electrons. The van der Waals surface area contributed by atoms with Crippen molar-refractivity contribution in [2.75, 3.05) is 0 Å². The van der Waals surface area contributed by atoms with Crippen molar-refractivity contribution in [3.8, 4) is 11.4 Å². The summed E-state index contributed by atoms with van der Waals surface area (Å²) in [6.45, 7) is 2.04. The summed E-state index contributed by atoms with van der Waals surface area (Å²) >= 11 is 2.28. The van der Waals surface area contributed by atoms with E-state index in [4.69, 9.17) is 0 Å². The lowest BCUT2D eigenvalue weighted by molar-refractivity contribution is 0.741. The Bertz CT molecular complexity index is 449. The maximum atomic E-state index is 4.39. The molecule has 0 saturated heterocycles. The van der Waals surface area contributed by atoms with E-state index in [0.29, 0.717) is 0 Å². The maximum Gasteiger partial charge on any atom is 0.126 e. The first-order valence-corrected chi connectivity index (χ1v) is 5.23. The van der Waals surface area contributed by atoms with Crippen molar-refractivity contribution in [3.63, 3.8) is 0 Å². The van der Waals surface area contributed by atoms with Crippen LogP contribution in [0.3, 0.4) is 0 Å². The van der Waals surface area contributed by atoms with Crippen molar-refractivity contribution in [3.05, 3.63) is 27.9 Å². The van der Waals surface area contributed by atoms with Crippen LogP contribution in [0.4, 0.5) is 0 Å². The largest absolute Gasteiger partial charge is 0.271 e. The third kappa shape index (κ3) is 1.52. The van der Waals surface area contributed by atoms with Gasteiger partial charge >= 0.3 is 0 Å². The molecule has 2 aromatic heterocycles. The summed E-state index contributed by atoms with van der Waals surface area (Å²) < 4.78 is 2.98. The average molecular weight is 300 g/mol. The first-order valence-electron chi connectivity index (χ1n) is 4.15. The molecule has 0 aliphatic heterocycles. The number of aryl methyl sites for hydroxylation is 1. The molecule has 2 heterocycles. The Kier molecular flexibility index (Phi) is 2.49. The van der Waals surface area contributed by atoms with Crippen LogP contribution in [0.15, 0.2) is 18.6 Å². The van der Waals surface area contributed by atoms with Crippen LogP contribution in [0.25, 0.3) is 11.4 Å². The van der Waals surface area contributed by atoms with Gasteiger partial charge < -0.3 is 0 Å². The predicted molar refractivity (Wildman–Crippen MR) is 61.7 cm³/mol. The molecule has 0 saturated carbocycles. The van der Waals surface area contributed by atoms with Gasteiger partial charge in [0.15, 0.2) is 0 Å². The summed E-state index contributed by atoms with van der Waals surface area (Å²) in [4.78, 5) is 8.25. The van der Waals surface area contributed by atoms with E-state index >= 15 is 0 Å². The second-order valence-corrected chi connectivity index (χ2v) is 4.04. The van der Waals surface area contributed by atoms with Crippen LogP contribution in [-0.2, 0) is 7.05 Å². The molecule has 5 heteroatoms. The summed E-state index contributed by atoms with van der Waals surface area (Å²) in [6, 6.07) is 0. The Morgan fingerprint density at radius 2 is 2.14 bits per heavy atom. The van der Waals surface area contributed by atoms with Crippen LogP contribution in [0.5, 0.6) is 0 Å². The number of hydrogen-bond donors (Lipinski definition) is 0. The highest BCUT2D eigenvalue weighted by molar-refractivity contribution is 14.1. The molecule has 14 heavy (non-hydrogen) atoms. The maximum absolute atomic E-state index is 4.39. The molecule has 0 aromatic carbocycles. The lowest BCUT2D eigenvalue weighted by Gasteiger charge is -1.93. The second-order valence-electron chi connectivity index (χ2n) is 2.96. The van der Waals surface area contributed by atoms with Gasteiger partial charge in [0, 0.05) is 25.1 Å². The standard InChI is InChI=1S/C9H9IN4/c1-6-8(10)9(13-14(6)2)7-5-11-3-4-12-7/h3-5H,1-2H3. The molecule has 0 atom stereocenters. The van der Waals surface area contributed by atoms with Gasteiger partial charge in [-0.25, -0.2) is 0 Å². The fraction of sp³-hybridized carbons (Fsp3) is 0.222. The monoisotopic (exact) mass is 300 g/mol. The zero-order valence-corrected chi connectivity index (χ0v) is 10.1. The van der Waals surface area contributed by atoms with Crippen LogP contribution >= 0.6 is 22.6 Å². The number of halogens is 1. The molecular weight excluding hydrogens is 291 g/mol. The van der Waals surface area contributed by atoms with Crippen molar-refractivity contribution in [1.29, 1.82) is 0 Å². The van der Waals surface area contributed by atoms with E-state index in [1.807, 2.05) is 18.7 Å². The molecule has 0 unspecified atom stereocenters. The lowest BCUT2D eigenvalue weighted by Crippen LogP contribution is -1.92. The average Bonchev–Trinajstić information content (AvgIpc) is 2.47. The number of rotatable bonds is 1. The van der Waals surface area contributed by atoms with E-state index in [9.17, 15) is 0 Å². The van der Waals surface area contributed by atoms with E-state index in [2.05, 4.69) is 37.7 Å². The first-order chi connectivity index (χ1) is 6.70. The Hall–Kier alpha value is -0.980. The van der Waals surface area contributed by atoms with Gasteiger partial charge in [-0.05, 0) is 29.5 Å². The molecule has 0 bridgehead atoms. The Balaban J connectivity index is 2.58. The number of aromatic nitrogens is 4. The van der Waals surface area contributed by atoms with E-state index in [1.54, 1.807) is 18.6 Å². The third-order valence-corrected chi connectivity index (χ3v) is 3.36. The molecular formula is C9H9IN4. The smallest absolute Gasteiger partial charge is 0.126 e. The highest BCUT2D eigenvalue weighted by atomic mass is 127. The molecule has 0 amide bonds. The van der Waals surface area contributed by atoms with Gasteiger partial charge in [0.2, 0.25) is 0 Å². The third-order valence-electron chi connectivity index (χ3n) is 2.07. The minimum absolute atomic E-state index is 0.820. The molecule has 0 aliphatic rings. The molecule has 0 spiro atoms. The second kappa shape index (κ2) is 3.64. The SMILES string of the molecule is Cc1c(I)c(-c2cnccn2)nn1C. The highest BCUT2D eigenvalue weighted by Crippen LogP contribution is 2.23. The number of nitrogens with zero attached hydrogens (tertiary/aromatic N) is 4. The van der Waals surface area contributed by atoms with E-state index < -0.39 is 0 Å². The van der Waals surface area contributed by atoms with Gasteiger partial charge in [0.05, 0.1) is 9.77 Å². The fourth-order valence-corrected chi connectivity index (χ4v) is 1.90. The van der Waals surface area contributed by atoms with Gasteiger partial charge in [-0.3, -0.25) is 14.6 Å². The summed E-state index contributed by atoms with van der Waals surface area (Å²) in [6.07, 6.45) is 5.06. The van der Waals surface area contributed by atoms with Crippen molar-refractivity contribution in [1.82, 2.24) is 19.7 Å². The van der Waals surface area contributed by atoms with Crippen LogP contribution in [0.2, 0.25) is 0 Å². The minimum Gasteiger partial charge on any atom is -0.271 e. The normalized spacial score (nSPS) is 10.5. The van der Waals surface area contributed by atoms with E-state index in [0.717, 1.165) is 20.7 Å². The zero-order valence-electron chi connectivity index (χ0n) is 7.90. The van der Waals surface area contributed by atoms with Crippen molar-refractivity contribution in [2.45, 2.75) is 6.92 Å². The van der Waals surface area contributed by atoms with Crippen LogP contribution in [-0.4, -0.2) is 19.7 Å². The molecule has 2 rings (SSSR count). The first kappa shape index (κ1) is 9.57. The van der Waals surface area contributed by atoms with Gasteiger partial charge in [-0.15, -0.1) is 0 Å². The lowest BCUT2D eigenvalue weighted by atomic mass is 10.3. The Morgan fingerprint density at radius 3 is 2.64 bits per heavy atom. The quantitative estimate of drug-likeness (QED) is 0.754. The molecule has 72 valence electrons. The molecule has 4 nitrogen and oxygen atoms in total. The van der Waals surface area contributed by atoms with Crippen molar-refractivity contribution < 1.29 is 0 Å². The molecule has 0 N–H and O–H groups in total. The van der Waals surface area contributed by atoms with Gasteiger partial charge in [-0.2, -0.15) is 5.10 Å². The minimum atomic E-state index is 0.820. The van der Waals surface area contributed by atoms with Gasteiger partial charge in [-0.1, -0.05) is 0 Å². The van der Waals surface area contributed by atoms with Crippen LogP contribution in [0.1, 0.15) is 5.69 Å². The molecule has 2 aromatic rings.